The van der Waals surface area contributed by atoms with Gasteiger partial charge in [-0.3, -0.25) is 0 Å². The number of nitrogens with zero attached hydrogens (tertiary/aromatic N) is 3. The van der Waals surface area contributed by atoms with Crippen LogP contribution in [0.4, 0.5) is 0 Å². The van der Waals surface area contributed by atoms with Crippen LogP contribution in [0, 0.1) is 13.8 Å². The number of aromatic hydroxyl groups is 1. The van der Waals surface area contributed by atoms with E-state index in [-0.39, 0.29) is 5.75 Å². The molecule has 1 heterocycles. The molecule has 0 spiro atoms. The minimum absolute atomic E-state index is 0.274. The molecule has 1 N–H and O–H groups in total. The number of phenolic OH excluding ortho intramolecular Hbond substituents is 1. The van der Waals surface area contributed by atoms with Crippen LogP contribution in [0.3, 0.4) is 0 Å². The maximum absolute atomic E-state index is 9.51. The van der Waals surface area contributed by atoms with Crippen LogP contribution < -0.4 is 0 Å². The third-order valence-electron chi connectivity index (χ3n) is 2.07. The van der Waals surface area contributed by atoms with Gasteiger partial charge in [-0.2, -0.15) is 0 Å². The SMILES string of the molecule is Cc1cn(-c2ccc(C)c(O)c2)nn1. The Morgan fingerprint density at radius 3 is 2.64 bits per heavy atom. The van der Waals surface area contributed by atoms with Crippen LogP contribution in [0.5, 0.6) is 5.75 Å². The zero-order valence-electron chi connectivity index (χ0n) is 8.10. The van der Waals surface area contributed by atoms with Gasteiger partial charge < -0.3 is 5.11 Å². The van der Waals surface area contributed by atoms with Crippen molar-refractivity contribution < 1.29 is 5.11 Å². The van der Waals surface area contributed by atoms with Crippen molar-refractivity contribution in [3.63, 3.8) is 0 Å². The Balaban J connectivity index is 2.47. The predicted molar refractivity (Wildman–Crippen MR) is 52.5 cm³/mol. The molecule has 2 aromatic rings. The van der Waals surface area contributed by atoms with Gasteiger partial charge in [0.15, 0.2) is 0 Å². The van der Waals surface area contributed by atoms with E-state index in [1.807, 2.05) is 32.2 Å². The number of aryl methyl sites for hydroxylation is 2. The summed E-state index contributed by atoms with van der Waals surface area (Å²) < 4.78 is 1.63. The molecule has 0 atom stereocenters. The summed E-state index contributed by atoms with van der Waals surface area (Å²) in [7, 11) is 0. The van der Waals surface area contributed by atoms with Crippen molar-refractivity contribution in [2.45, 2.75) is 13.8 Å². The first-order valence-corrected chi connectivity index (χ1v) is 4.36. The highest BCUT2D eigenvalue weighted by molar-refractivity contribution is 5.42. The van der Waals surface area contributed by atoms with Crippen LogP contribution >= 0.6 is 0 Å². The van der Waals surface area contributed by atoms with Gasteiger partial charge in [0.25, 0.3) is 0 Å². The van der Waals surface area contributed by atoms with E-state index in [2.05, 4.69) is 10.3 Å². The largest absolute Gasteiger partial charge is 0.508 e. The highest BCUT2D eigenvalue weighted by Gasteiger charge is 2.01. The summed E-state index contributed by atoms with van der Waals surface area (Å²) in [6.45, 7) is 3.73. The number of phenols is 1. The van der Waals surface area contributed by atoms with E-state index >= 15 is 0 Å². The quantitative estimate of drug-likeness (QED) is 0.741. The molecular formula is C10H11N3O. The second-order valence-corrected chi connectivity index (χ2v) is 3.28. The Kier molecular flexibility index (Phi) is 1.96. The van der Waals surface area contributed by atoms with E-state index in [9.17, 15) is 5.11 Å². The Morgan fingerprint density at radius 2 is 2.07 bits per heavy atom. The highest BCUT2D eigenvalue weighted by Crippen LogP contribution is 2.19. The van der Waals surface area contributed by atoms with Crippen molar-refractivity contribution in [3.05, 3.63) is 35.7 Å². The van der Waals surface area contributed by atoms with Crippen LogP contribution in [-0.4, -0.2) is 20.1 Å². The summed E-state index contributed by atoms with van der Waals surface area (Å²) in [6, 6.07) is 5.41. The van der Waals surface area contributed by atoms with E-state index < -0.39 is 0 Å². The predicted octanol–water partition coefficient (Wildman–Crippen LogP) is 1.59. The molecule has 0 amide bonds. The minimum atomic E-state index is 0.274. The van der Waals surface area contributed by atoms with Crippen LogP contribution in [0.2, 0.25) is 0 Å². The molecule has 1 aromatic heterocycles. The molecule has 14 heavy (non-hydrogen) atoms. The second-order valence-electron chi connectivity index (χ2n) is 3.28. The Bertz CT molecular complexity index is 462. The average Bonchev–Trinajstić information content (AvgIpc) is 2.57. The molecule has 0 aliphatic heterocycles. The first-order chi connectivity index (χ1) is 6.66. The normalized spacial score (nSPS) is 10.4. The number of hydrogen-bond donors (Lipinski definition) is 1. The fraction of sp³-hybridized carbons (Fsp3) is 0.200. The van der Waals surface area contributed by atoms with Crippen LogP contribution in [0.15, 0.2) is 24.4 Å². The van der Waals surface area contributed by atoms with Gasteiger partial charge >= 0.3 is 0 Å². The molecule has 0 radical (unpaired) electrons. The summed E-state index contributed by atoms with van der Waals surface area (Å²) in [4.78, 5) is 0. The van der Waals surface area contributed by atoms with Gasteiger partial charge in [-0.25, -0.2) is 4.68 Å². The molecule has 0 saturated carbocycles. The monoisotopic (exact) mass is 189 g/mol. The zero-order valence-corrected chi connectivity index (χ0v) is 8.10. The summed E-state index contributed by atoms with van der Waals surface area (Å²) in [6.07, 6.45) is 1.81. The fourth-order valence-electron chi connectivity index (χ4n) is 1.21. The smallest absolute Gasteiger partial charge is 0.120 e. The van der Waals surface area contributed by atoms with Crippen LogP contribution in [0.25, 0.3) is 5.69 Å². The number of aromatic nitrogens is 3. The second kappa shape index (κ2) is 3.14. The van der Waals surface area contributed by atoms with Gasteiger partial charge in [0.1, 0.15) is 5.75 Å². The van der Waals surface area contributed by atoms with Gasteiger partial charge in [0, 0.05) is 6.07 Å². The molecule has 4 heteroatoms. The molecule has 0 aliphatic carbocycles. The van der Waals surface area contributed by atoms with E-state index in [1.165, 1.54) is 0 Å². The van der Waals surface area contributed by atoms with Crippen molar-refractivity contribution in [2.75, 3.05) is 0 Å². The molecule has 0 unspecified atom stereocenters. The molecule has 0 bridgehead atoms. The fourth-order valence-corrected chi connectivity index (χ4v) is 1.21. The molecule has 0 saturated heterocycles. The zero-order chi connectivity index (χ0) is 10.1. The molecule has 2 rings (SSSR count). The number of hydrogen-bond acceptors (Lipinski definition) is 3. The van der Waals surface area contributed by atoms with Gasteiger partial charge in [0.05, 0.1) is 17.6 Å². The number of benzene rings is 1. The first kappa shape index (κ1) is 8.74. The number of rotatable bonds is 1. The van der Waals surface area contributed by atoms with Crippen molar-refractivity contribution in [2.24, 2.45) is 0 Å². The van der Waals surface area contributed by atoms with Gasteiger partial charge in [-0.15, -0.1) is 5.10 Å². The standard InChI is InChI=1S/C10H11N3O/c1-7-3-4-9(5-10(7)14)13-6-8(2)11-12-13/h3-6,14H,1-2H3. The van der Waals surface area contributed by atoms with E-state index in [4.69, 9.17) is 0 Å². The third kappa shape index (κ3) is 1.46. The summed E-state index contributed by atoms with van der Waals surface area (Å²) in [5.74, 6) is 0.274. The lowest BCUT2D eigenvalue weighted by molar-refractivity contribution is 0.470. The van der Waals surface area contributed by atoms with E-state index in [1.54, 1.807) is 10.7 Å². The maximum atomic E-state index is 9.51. The van der Waals surface area contributed by atoms with Gasteiger partial charge in [-0.1, -0.05) is 11.3 Å². The first-order valence-electron chi connectivity index (χ1n) is 4.36. The summed E-state index contributed by atoms with van der Waals surface area (Å²) in [5, 5.41) is 17.3. The molecular weight excluding hydrogens is 178 g/mol. The molecule has 4 nitrogen and oxygen atoms in total. The topological polar surface area (TPSA) is 50.9 Å². The van der Waals surface area contributed by atoms with Crippen molar-refractivity contribution in [1.82, 2.24) is 15.0 Å². The highest BCUT2D eigenvalue weighted by atomic mass is 16.3. The Hall–Kier alpha value is -1.84. The summed E-state index contributed by atoms with van der Waals surface area (Å²) in [5.41, 5.74) is 2.52. The molecule has 1 aromatic carbocycles. The Morgan fingerprint density at radius 1 is 1.29 bits per heavy atom. The Labute approximate surface area is 81.8 Å². The summed E-state index contributed by atoms with van der Waals surface area (Å²) >= 11 is 0. The minimum Gasteiger partial charge on any atom is -0.508 e. The van der Waals surface area contributed by atoms with E-state index in [0.717, 1.165) is 16.9 Å². The van der Waals surface area contributed by atoms with Gasteiger partial charge in [0.2, 0.25) is 0 Å². The lowest BCUT2D eigenvalue weighted by atomic mass is 10.2. The van der Waals surface area contributed by atoms with Gasteiger partial charge in [-0.05, 0) is 25.5 Å². The lowest BCUT2D eigenvalue weighted by Crippen LogP contribution is -1.94. The van der Waals surface area contributed by atoms with Crippen LogP contribution in [0.1, 0.15) is 11.3 Å². The average molecular weight is 189 g/mol. The van der Waals surface area contributed by atoms with Crippen molar-refractivity contribution in [3.8, 4) is 11.4 Å². The lowest BCUT2D eigenvalue weighted by Gasteiger charge is -2.02. The van der Waals surface area contributed by atoms with Crippen molar-refractivity contribution >= 4 is 0 Å². The maximum Gasteiger partial charge on any atom is 0.120 e. The van der Waals surface area contributed by atoms with Crippen molar-refractivity contribution in [1.29, 1.82) is 0 Å². The third-order valence-corrected chi connectivity index (χ3v) is 2.07. The molecule has 72 valence electrons. The molecule has 0 aliphatic rings. The molecule has 0 fully saturated rings. The van der Waals surface area contributed by atoms with E-state index in [0.29, 0.717) is 0 Å². The van der Waals surface area contributed by atoms with Crippen LogP contribution in [-0.2, 0) is 0 Å².